The maximum Gasteiger partial charge on any atom is 0.243 e. The van der Waals surface area contributed by atoms with E-state index in [-0.39, 0.29) is 17.9 Å². The third-order valence-electron chi connectivity index (χ3n) is 3.22. The van der Waals surface area contributed by atoms with Crippen molar-refractivity contribution in [3.63, 3.8) is 0 Å². The van der Waals surface area contributed by atoms with Gasteiger partial charge in [-0.25, -0.2) is 25.9 Å². The number of hydrogen-bond donors (Lipinski definition) is 2. The molecule has 2 rings (SSSR count). The number of hydrogen-bond acceptors (Lipinski definition) is 5. The summed E-state index contributed by atoms with van der Waals surface area (Å²) in [6, 6.07) is 3.15. The van der Waals surface area contributed by atoms with Crippen molar-refractivity contribution in [1.29, 1.82) is 0 Å². The van der Waals surface area contributed by atoms with Crippen LogP contribution < -0.4 is 10.0 Å². The third-order valence-corrected chi connectivity index (χ3v) is 6.54. The molecule has 0 saturated carbocycles. The van der Waals surface area contributed by atoms with Crippen LogP contribution in [0, 0.1) is 5.82 Å². The van der Waals surface area contributed by atoms with Gasteiger partial charge in [0.05, 0.1) is 11.5 Å². The van der Waals surface area contributed by atoms with Gasteiger partial charge in [0.1, 0.15) is 10.7 Å². The number of rotatable bonds is 5. The van der Waals surface area contributed by atoms with Gasteiger partial charge in [-0.05, 0) is 31.2 Å². The first-order valence-electron chi connectivity index (χ1n) is 6.39. The van der Waals surface area contributed by atoms with Gasteiger partial charge < -0.3 is 5.32 Å². The van der Waals surface area contributed by atoms with Crippen LogP contribution in [0.3, 0.4) is 0 Å². The van der Waals surface area contributed by atoms with E-state index in [9.17, 15) is 21.2 Å². The Morgan fingerprint density at radius 3 is 2.62 bits per heavy atom. The fraction of sp³-hybridized carbons (Fsp3) is 0.500. The molecule has 0 amide bonds. The fourth-order valence-electron chi connectivity index (χ4n) is 2.25. The van der Waals surface area contributed by atoms with Gasteiger partial charge >= 0.3 is 0 Å². The van der Waals surface area contributed by atoms with Crippen molar-refractivity contribution >= 4 is 19.9 Å². The molecule has 1 heterocycles. The van der Waals surface area contributed by atoms with Crippen molar-refractivity contribution in [2.75, 3.05) is 18.6 Å². The molecule has 0 radical (unpaired) electrons. The lowest BCUT2D eigenvalue weighted by atomic mass is 10.2. The SMILES string of the molecule is CNCc1ccc(S(=O)(=O)NC2CCS(=O)(=O)C2)c(F)c1. The van der Waals surface area contributed by atoms with E-state index in [4.69, 9.17) is 0 Å². The van der Waals surface area contributed by atoms with E-state index < -0.39 is 36.6 Å². The molecule has 1 fully saturated rings. The van der Waals surface area contributed by atoms with Crippen molar-refractivity contribution in [2.24, 2.45) is 0 Å². The third kappa shape index (κ3) is 4.00. The van der Waals surface area contributed by atoms with Gasteiger partial charge in [0.25, 0.3) is 0 Å². The Morgan fingerprint density at radius 1 is 1.38 bits per heavy atom. The molecule has 1 aliphatic rings. The van der Waals surface area contributed by atoms with Crippen molar-refractivity contribution in [2.45, 2.75) is 23.9 Å². The van der Waals surface area contributed by atoms with Crippen LogP contribution in [0.4, 0.5) is 4.39 Å². The Hall–Kier alpha value is -1.03. The average molecular weight is 336 g/mol. The zero-order valence-electron chi connectivity index (χ0n) is 11.5. The maximum absolute atomic E-state index is 13.9. The number of benzene rings is 1. The van der Waals surface area contributed by atoms with Crippen LogP contribution in [0.15, 0.2) is 23.1 Å². The van der Waals surface area contributed by atoms with Gasteiger partial charge in [-0.2, -0.15) is 0 Å². The molecule has 2 N–H and O–H groups in total. The van der Waals surface area contributed by atoms with Crippen LogP contribution in [0.1, 0.15) is 12.0 Å². The summed E-state index contributed by atoms with van der Waals surface area (Å²) < 4.78 is 63.1. The predicted molar refractivity (Wildman–Crippen MR) is 76.5 cm³/mol. The van der Waals surface area contributed by atoms with Crippen LogP contribution in [0.2, 0.25) is 0 Å². The maximum atomic E-state index is 13.9. The van der Waals surface area contributed by atoms with Gasteiger partial charge in [0.15, 0.2) is 9.84 Å². The summed E-state index contributed by atoms with van der Waals surface area (Å²) in [5.74, 6) is -1.15. The summed E-state index contributed by atoms with van der Waals surface area (Å²) in [6.07, 6.45) is 0.209. The minimum absolute atomic E-state index is 0.0518. The van der Waals surface area contributed by atoms with Crippen LogP contribution in [0.25, 0.3) is 0 Å². The fourth-order valence-corrected chi connectivity index (χ4v) is 5.36. The van der Waals surface area contributed by atoms with Crippen molar-refractivity contribution in [3.05, 3.63) is 29.6 Å². The summed E-state index contributed by atoms with van der Waals surface area (Å²) in [5, 5.41) is 2.84. The molecule has 1 aliphatic heterocycles. The summed E-state index contributed by atoms with van der Waals surface area (Å²) >= 11 is 0. The lowest BCUT2D eigenvalue weighted by molar-refractivity contribution is 0.543. The molecule has 0 aliphatic carbocycles. The molecule has 6 nitrogen and oxygen atoms in total. The zero-order valence-corrected chi connectivity index (χ0v) is 13.1. The summed E-state index contributed by atoms with van der Waals surface area (Å²) in [4.78, 5) is -0.466. The molecule has 0 spiro atoms. The molecule has 21 heavy (non-hydrogen) atoms. The lowest BCUT2D eigenvalue weighted by Crippen LogP contribution is -2.36. The highest BCUT2D eigenvalue weighted by molar-refractivity contribution is 7.92. The highest BCUT2D eigenvalue weighted by atomic mass is 32.2. The first-order chi connectivity index (χ1) is 9.73. The van der Waals surface area contributed by atoms with E-state index in [1.54, 1.807) is 7.05 Å². The van der Waals surface area contributed by atoms with E-state index in [0.717, 1.165) is 6.07 Å². The van der Waals surface area contributed by atoms with Crippen molar-refractivity contribution < 1.29 is 21.2 Å². The molecular formula is C12H17FN2O4S2. The first-order valence-corrected chi connectivity index (χ1v) is 9.70. The minimum atomic E-state index is -4.07. The van der Waals surface area contributed by atoms with E-state index in [0.29, 0.717) is 12.1 Å². The summed E-state index contributed by atoms with van der Waals surface area (Å²) in [7, 11) is -5.57. The Labute approximate surface area is 123 Å². The monoisotopic (exact) mass is 336 g/mol. The Bertz CT molecular complexity index is 732. The minimum Gasteiger partial charge on any atom is -0.316 e. The van der Waals surface area contributed by atoms with Gasteiger partial charge in [-0.15, -0.1) is 0 Å². The molecule has 1 aromatic carbocycles. The van der Waals surface area contributed by atoms with E-state index in [1.807, 2.05) is 0 Å². The Balaban J connectivity index is 2.20. The quantitative estimate of drug-likeness (QED) is 0.790. The molecule has 1 unspecified atom stereocenters. The highest BCUT2D eigenvalue weighted by Gasteiger charge is 2.32. The topological polar surface area (TPSA) is 92.3 Å². The highest BCUT2D eigenvalue weighted by Crippen LogP contribution is 2.19. The molecule has 1 aromatic rings. The smallest absolute Gasteiger partial charge is 0.243 e. The van der Waals surface area contributed by atoms with E-state index in [2.05, 4.69) is 10.0 Å². The molecule has 9 heteroatoms. The predicted octanol–water partition coefficient (Wildman–Crippen LogP) is 0.0105. The first kappa shape index (κ1) is 16.3. The standard InChI is InChI=1S/C12H17FN2O4S2/c1-14-7-9-2-3-12(11(13)6-9)21(18,19)15-10-4-5-20(16,17)8-10/h2-3,6,10,14-15H,4-5,7-8H2,1H3. The van der Waals surface area contributed by atoms with Crippen LogP contribution in [0.5, 0.6) is 0 Å². The molecule has 1 atom stereocenters. The lowest BCUT2D eigenvalue weighted by Gasteiger charge is -2.12. The second-order valence-corrected chi connectivity index (χ2v) is 8.93. The van der Waals surface area contributed by atoms with Crippen LogP contribution in [-0.2, 0) is 26.4 Å². The van der Waals surface area contributed by atoms with E-state index >= 15 is 0 Å². The van der Waals surface area contributed by atoms with Gasteiger partial charge in [0, 0.05) is 12.6 Å². The molecular weight excluding hydrogens is 319 g/mol. The Morgan fingerprint density at radius 2 is 2.10 bits per heavy atom. The van der Waals surface area contributed by atoms with Gasteiger partial charge in [-0.1, -0.05) is 6.07 Å². The molecule has 118 valence electrons. The molecule has 0 aromatic heterocycles. The molecule has 1 saturated heterocycles. The van der Waals surface area contributed by atoms with Crippen molar-refractivity contribution in [3.8, 4) is 0 Å². The largest absolute Gasteiger partial charge is 0.316 e. The van der Waals surface area contributed by atoms with Crippen LogP contribution >= 0.6 is 0 Å². The molecule has 0 bridgehead atoms. The summed E-state index contributed by atoms with van der Waals surface area (Å²) in [6.45, 7) is 0.422. The van der Waals surface area contributed by atoms with Crippen molar-refractivity contribution in [1.82, 2.24) is 10.0 Å². The summed E-state index contributed by atoms with van der Waals surface area (Å²) in [5.41, 5.74) is 0.623. The number of sulfone groups is 1. The van der Waals surface area contributed by atoms with E-state index in [1.165, 1.54) is 12.1 Å². The second-order valence-electron chi connectivity index (χ2n) is 5.02. The Kier molecular flexibility index (Phi) is 4.66. The van der Waals surface area contributed by atoms with Crippen LogP contribution in [-0.4, -0.2) is 41.4 Å². The second kappa shape index (κ2) is 5.99. The number of halogens is 1. The number of nitrogens with one attached hydrogen (secondary N) is 2. The number of sulfonamides is 1. The van der Waals surface area contributed by atoms with Gasteiger partial charge in [0.2, 0.25) is 10.0 Å². The zero-order chi connectivity index (χ0) is 15.7. The van der Waals surface area contributed by atoms with Gasteiger partial charge in [-0.3, -0.25) is 0 Å². The average Bonchev–Trinajstić information content (AvgIpc) is 2.68. The normalized spacial score (nSPS) is 21.5.